The summed E-state index contributed by atoms with van der Waals surface area (Å²) >= 11 is 0. The van der Waals surface area contributed by atoms with E-state index < -0.39 is 0 Å². The number of H-pyrrole nitrogens is 1. The van der Waals surface area contributed by atoms with E-state index in [1.807, 2.05) is 20.8 Å². The molecule has 7 nitrogen and oxygen atoms in total. The predicted octanol–water partition coefficient (Wildman–Crippen LogP) is -0.262. The van der Waals surface area contributed by atoms with Gasteiger partial charge >= 0.3 is 0 Å². The number of nitrogen functional groups attached to an aromatic ring is 1. The quantitative estimate of drug-likeness (QED) is 0.642. The summed E-state index contributed by atoms with van der Waals surface area (Å²) < 4.78 is 0. The van der Waals surface area contributed by atoms with Crippen LogP contribution in [0.5, 0.6) is 0 Å². The average Bonchev–Trinajstić information content (AvgIpc) is 2.60. The highest BCUT2D eigenvalue weighted by atomic mass is 16.2. The number of aromatic amines is 1. The lowest BCUT2D eigenvalue weighted by Crippen LogP contribution is -2.40. The van der Waals surface area contributed by atoms with Crippen molar-refractivity contribution < 1.29 is 4.79 Å². The second-order valence-electron chi connectivity index (χ2n) is 3.76. The van der Waals surface area contributed by atoms with Crippen LogP contribution in [0.2, 0.25) is 0 Å². The molecule has 4 N–H and O–H groups in total. The van der Waals surface area contributed by atoms with Gasteiger partial charge < -0.3 is 16.0 Å². The summed E-state index contributed by atoms with van der Waals surface area (Å²) in [5.74, 6) is 0.636. The van der Waals surface area contributed by atoms with Crippen LogP contribution in [0.3, 0.4) is 0 Å². The molecule has 90 valence electrons. The number of anilines is 2. The predicted molar refractivity (Wildman–Crippen MR) is 62.0 cm³/mol. The van der Waals surface area contributed by atoms with Crippen LogP contribution in [0.15, 0.2) is 0 Å². The van der Waals surface area contributed by atoms with E-state index in [1.54, 1.807) is 4.90 Å². The first-order chi connectivity index (χ1) is 7.52. The van der Waals surface area contributed by atoms with Crippen LogP contribution in [-0.2, 0) is 4.79 Å². The van der Waals surface area contributed by atoms with Crippen molar-refractivity contribution in [1.82, 2.24) is 20.5 Å². The number of amides is 1. The third-order valence-corrected chi connectivity index (χ3v) is 1.94. The van der Waals surface area contributed by atoms with Crippen molar-refractivity contribution in [1.29, 1.82) is 0 Å². The minimum atomic E-state index is -0.0554. The van der Waals surface area contributed by atoms with Gasteiger partial charge in [-0.3, -0.25) is 4.79 Å². The zero-order valence-electron chi connectivity index (χ0n) is 9.82. The van der Waals surface area contributed by atoms with E-state index in [1.165, 1.54) is 0 Å². The molecule has 1 aromatic heterocycles. The van der Waals surface area contributed by atoms with Crippen LogP contribution in [0.1, 0.15) is 20.8 Å². The van der Waals surface area contributed by atoms with E-state index in [9.17, 15) is 4.79 Å². The number of nitrogens with zero attached hydrogens (tertiary/aromatic N) is 3. The van der Waals surface area contributed by atoms with Gasteiger partial charge in [-0.05, 0) is 20.8 Å². The lowest BCUT2D eigenvalue weighted by Gasteiger charge is -2.18. The molecule has 1 heterocycles. The Labute approximate surface area is 94.4 Å². The van der Waals surface area contributed by atoms with Gasteiger partial charge in [0.05, 0.1) is 6.54 Å². The van der Waals surface area contributed by atoms with Crippen molar-refractivity contribution in [2.45, 2.75) is 26.8 Å². The van der Waals surface area contributed by atoms with Crippen molar-refractivity contribution >= 4 is 17.8 Å². The van der Waals surface area contributed by atoms with Crippen LogP contribution in [-0.4, -0.2) is 40.2 Å². The maximum Gasteiger partial charge on any atom is 0.246 e. The van der Waals surface area contributed by atoms with Crippen molar-refractivity contribution in [3.63, 3.8) is 0 Å². The fourth-order valence-electron chi connectivity index (χ4n) is 1.27. The molecule has 1 aromatic rings. The number of carbonyl (C=O) groups excluding carboxylic acids is 1. The number of hydrogen-bond acceptors (Lipinski definition) is 5. The monoisotopic (exact) mass is 226 g/mol. The first-order valence-corrected chi connectivity index (χ1v) is 5.25. The zero-order valence-corrected chi connectivity index (χ0v) is 9.82. The second-order valence-corrected chi connectivity index (χ2v) is 3.76. The topological polar surface area (TPSA) is 99.9 Å². The molecule has 16 heavy (non-hydrogen) atoms. The maximum atomic E-state index is 11.6. The molecular weight excluding hydrogens is 208 g/mol. The third kappa shape index (κ3) is 3.41. The fraction of sp³-hybridized carbons (Fsp3) is 0.667. The van der Waals surface area contributed by atoms with Crippen molar-refractivity contribution in [3.8, 4) is 0 Å². The molecule has 0 fully saturated rings. The van der Waals surface area contributed by atoms with Crippen molar-refractivity contribution in [3.05, 3.63) is 0 Å². The Bertz CT molecular complexity index is 348. The fourth-order valence-corrected chi connectivity index (χ4v) is 1.27. The Hall–Kier alpha value is -1.79. The second kappa shape index (κ2) is 5.34. The Morgan fingerprint density at radius 2 is 2.31 bits per heavy atom. The molecule has 0 aromatic carbocycles. The molecule has 0 aliphatic heterocycles. The number of hydrogen-bond donors (Lipinski definition) is 3. The summed E-state index contributed by atoms with van der Waals surface area (Å²) in [5, 5.41) is 9.25. The highest BCUT2D eigenvalue weighted by Crippen LogP contribution is 2.06. The molecule has 0 saturated heterocycles. The molecule has 7 heteroatoms. The number of likely N-dealkylation sites (N-methyl/N-ethyl adjacent to an activating group) is 1. The van der Waals surface area contributed by atoms with Crippen molar-refractivity contribution in [2.75, 3.05) is 23.7 Å². The summed E-state index contributed by atoms with van der Waals surface area (Å²) in [5.41, 5.74) is 5.43. The van der Waals surface area contributed by atoms with Gasteiger partial charge in [-0.25, -0.2) is 5.10 Å². The lowest BCUT2D eigenvalue weighted by atomic mass is 10.4. The lowest BCUT2D eigenvalue weighted by molar-refractivity contribution is -0.120. The summed E-state index contributed by atoms with van der Waals surface area (Å²) in [7, 11) is 0. The van der Waals surface area contributed by atoms with Gasteiger partial charge in [-0.2, -0.15) is 4.98 Å². The molecule has 0 saturated carbocycles. The summed E-state index contributed by atoms with van der Waals surface area (Å²) in [6.45, 7) is 6.63. The normalized spacial score (nSPS) is 10.5. The molecule has 1 amide bonds. The largest absolute Gasteiger partial charge is 0.368 e. The molecule has 1 rings (SSSR count). The molecule has 0 unspecified atom stereocenters. The molecular formula is C9H18N6O. The van der Waals surface area contributed by atoms with E-state index in [0.717, 1.165) is 0 Å². The zero-order chi connectivity index (χ0) is 12.1. The smallest absolute Gasteiger partial charge is 0.246 e. The third-order valence-electron chi connectivity index (χ3n) is 1.94. The van der Waals surface area contributed by atoms with Gasteiger partial charge in [0.25, 0.3) is 0 Å². The number of aromatic nitrogens is 3. The molecule has 0 bridgehead atoms. The SMILES string of the molecule is CCN(CC(=O)NC(C)C)c1n[nH]c(N)n1. The van der Waals surface area contributed by atoms with Crippen LogP contribution < -0.4 is 16.0 Å². The van der Waals surface area contributed by atoms with Crippen molar-refractivity contribution in [2.24, 2.45) is 0 Å². The Kier molecular flexibility index (Phi) is 4.10. The number of nitrogens with two attached hydrogens (primary N) is 1. The van der Waals surface area contributed by atoms with Gasteiger partial charge in [0.1, 0.15) is 0 Å². The van der Waals surface area contributed by atoms with E-state index in [-0.39, 0.29) is 24.4 Å². The van der Waals surface area contributed by atoms with E-state index >= 15 is 0 Å². The van der Waals surface area contributed by atoms with E-state index in [0.29, 0.717) is 12.5 Å². The van der Waals surface area contributed by atoms with E-state index in [2.05, 4.69) is 20.5 Å². The van der Waals surface area contributed by atoms with Gasteiger partial charge in [-0.15, -0.1) is 5.10 Å². The average molecular weight is 226 g/mol. The Morgan fingerprint density at radius 1 is 1.62 bits per heavy atom. The highest BCUT2D eigenvalue weighted by molar-refractivity contribution is 5.80. The van der Waals surface area contributed by atoms with Gasteiger partial charge in [0, 0.05) is 12.6 Å². The first kappa shape index (κ1) is 12.3. The van der Waals surface area contributed by atoms with Crippen LogP contribution in [0, 0.1) is 0 Å². The molecule has 0 spiro atoms. The maximum absolute atomic E-state index is 11.6. The molecule has 0 atom stereocenters. The minimum Gasteiger partial charge on any atom is -0.368 e. The van der Waals surface area contributed by atoms with Gasteiger partial charge in [0.15, 0.2) is 0 Å². The summed E-state index contributed by atoms with van der Waals surface area (Å²) in [4.78, 5) is 17.3. The van der Waals surface area contributed by atoms with E-state index in [4.69, 9.17) is 5.73 Å². The molecule has 0 aliphatic carbocycles. The van der Waals surface area contributed by atoms with Gasteiger partial charge in [0.2, 0.25) is 17.8 Å². The summed E-state index contributed by atoms with van der Waals surface area (Å²) in [6.07, 6.45) is 0. The standard InChI is InChI=1S/C9H18N6O/c1-4-15(5-7(16)11-6(2)3)9-12-8(10)13-14-9/h6H,4-5H2,1-3H3,(H,11,16)(H3,10,12,13,14). The summed E-state index contributed by atoms with van der Waals surface area (Å²) in [6, 6.07) is 0.128. The highest BCUT2D eigenvalue weighted by Gasteiger charge is 2.14. The van der Waals surface area contributed by atoms with Gasteiger partial charge in [-0.1, -0.05) is 0 Å². The Balaban J connectivity index is 2.59. The molecule has 0 aliphatic rings. The first-order valence-electron chi connectivity index (χ1n) is 5.25. The number of carbonyl (C=O) groups is 1. The van der Waals surface area contributed by atoms with Crippen LogP contribution >= 0.6 is 0 Å². The molecule has 0 radical (unpaired) electrons. The number of rotatable bonds is 5. The van der Waals surface area contributed by atoms with Crippen LogP contribution in [0.4, 0.5) is 11.9 Å². The number of nitrogens with one attached hydrogen (secondary N) is 2. The Morgan fingerprint density at radius 3 is 2.75 bits per heavy atom. The van der Waals surface area contributed by atoms with Crippen LogP contribution in [0.25, 0.3) is 0 Å². The minimum absolute atomic E-state index is 0.0554.